The molecule has 4 heteroatoms. The van der Waals surface area contributed by atoms with Crippen LogP contribution in [0.25, 0.3) is 0 Å². The Bertz CT molecular complexity index is 578. The Labute approximate surface area is 117 Å². The van der Waals surface area contributed by atoms with Crippen LogP contribution in [-0.4, -0.2) is 13.1 Å². The van der Waals surface area contributed by atoms with Gasteiger partial charge < -0.3 is 10.1 Å². The molecule has 2 rings (SSSR count). The highest BCUT2D eigenvalue weighted by atomic mass is 19.1. The normalized spacial score (nSPS) is 11.8. The first-order valence-corrected chi connectivity index (χ1v) is 6.26. The average Bonchev–Trinajstić information content (AvgIpc) is 2.47. The van der Waals surface area contributed by atoms with E-state index >= 15 is 0 Å². The zero-order chi connectivity index (χ0) is 14.5. The monoisotopic (exact) mass is 273 g/mol. The van der Waals surface area contributed by atoms with Gasteiger partial charge in [0.2, 0.25) is 0 Å². The number of ether oxygens (including phenoxy) is 1. The highest BCUT2D eigenvalue weighted by Crippen LogP contribution is 2.21. The molecule has 0 aliphatic heterocycles. The summed E-state index contributed by atoms with van der Waals surface area (Å²) in [6, 6.07) is 12.8. The van der Waals surface area contributed by atoms with Crippen molar-refractivity contribution in [2.24, 2.45) is 0 Å². The van der Waals surface area contributed by atoms with E-state index in [1.165, 1.54) is 19.2 Å². The molecule has 1 N–H and O–H groups in total. The van der Waals surface area contributed by atoms with Crippen molar-refractivity contribution < 1.29 is 13.9 Å². The van der Waals surface area contributed by atoms with Gasteiger partial charge in [-0.15, -0.1) is 0 Å². The van der Waals surface area contributed by atoms with Gasteiger partial charge in [0.05, 0.1) is 7.11 Å². The summed E-state index contributed by atoms with van der Waals surface area (Å²) in [5, 5.41) is 3.10. The molecule has 2 aromatic carbocycles. The zero-order valence-corrected chi connectivity index (χ0v) is 11.4. The van der Waals surface area contributed by atoms with Gasteiger partial charge >= 0.3 is 5.97 Å². The zero-order valence-electron chi connectivity index (χ0n) is 11.4. The first-order chi connectivity index (χ1) is 9.60. The fraction of sp³-hybridized carbons (Fsp3) is 0.188. The Morgan fingerprint density at radius 1 is 1.10 bits per heavy atom. The lowest BCUT2D eigenvalue weighted by molar-refractivity contribution is -0.141. The number of esters is 1. The minimum absolute atomic E-state index is 0.340. The number of anilines is 1. The van der Waals surface area contributed by atoms with Gasteiger partial charge in [0.1, 0.15) is 5.82 Å². The van der Waals surface area contributed by atoms with Crippen molar-refractivity contribution in [3.05, 3.63) is 65.5 Å². The van der Waals surface area contributed by atoms with Crippen molar-refractivity contribution in [3.63, 3.8) is 0 Å². The molecule has 3 nitrogen and oxygen atoms in total. The third kappa shape index (κ3) is 3.35. The van der Waals surface area contributed by atoms with Crippen LogP contribution in [0.15, 0.2) is 48.5 Å². The fourth-order valence-corrected chi connectivity index (χ4v) is 1.87. The molecule has 0 aliphatic carbocycles. The van der Waals surface area contributed by atoms with E-state index in [9.17, 15) is 9.18 Å². The van der Waals surface area contributed by atoms with Crippen molar-refractivity contribution in [3.8, 4) is 0 Å². The van der Waals surface area contributed by atoms with E-state index in [2.05, 4.69) is 5.32 Å². The lowest BCUT2D eigenvalue weighted by atomic mass is 10.1. The highest BCUT2D eigenvalue weighted by Gasteiger charge is 2.21. The smallest absolute Gasteiger partial charge is 0.332 e. The molecule has 2 aromatic rings. The molecule has 0 bridgehead atoms. The first-order valence-electron chi connectivity index (χ1n) is 6.26. The van der Waals surface area contributed by atoms with Gasteiger partial charge in [-0.1, -0.05) is 29.8 Å². The molecule has 0 amide bonds. The minimum Gasteiger partial charge on any atom is -0.467 e. The third-order valence-electron chi connectivity index (χ3n) is 3.00. The average molecular weight is 273 g/mol. The Hall–Kier alpha value is -2.36. The van der Waals surface area contributed by atoms with E-state index in [1.54, 1.807) is 12.1 Å². The summed E-state index contributed by atoms with van der Waals surface area (Å²) in [6.45, 7) is 1.99. The standard InChI is InChI=1S/C16H16FNO2/c1-11-3-9-14(10-4-11)18-15(16(19)20-2)12-5-7-13(17)8-6-12/h3-10,15,18H,1-2H3. The van der Waals surface area contributed by atoms with Gasteiger partial charge in [0.25, 0.3) is 0 Å². The molecular weight excluding hydrogens is 257 g/mol. The molecule has 0 aliphatic rings. The van der Waals surface area contributed by atoms with Crippen LogP contribution in [0.4, 0.5) is 10.1 Å². The molecule has 0 radical (unpaired) electrons. The summed E-state index contributed by atoms with van der Waals surface area (Å²) in [5.41, 5.74) is 2.58. The quantitative estimate of drug-likeness (QED) is 0.867. The van der Waals surface area contributed by atoms with E-state index in [4.69, 9.17) is 4.74 Å². The fourth-order valence-electron chi connectivity index (χ4n) is 1.87. The molecule has 1 unspecified atom stereocenters. The summed E-state index contributed by atoms with van der Waals surface area (Å²) in [7, 11) is 1.33. The second-order valence-electron chi connectivity index (χ2n) is 4.52. The van der Waals surface area contributed by atoms with Crippen LogP contribution in [-0.2, 0) is 9.53 Å². The van der Waals surface area contributed by atoms with Crippen LogP contribution < -0.4 is 5.32 Å². The topological polar surface area (TPSA) is 38.3 Å². The largest absolute Gasteiger partial charge is 0.467 e. The van der Waals surface area contributed by atoms with Crippen LogP contribution >= 0.6 is 0 Å². The Morgan fingerprint density at radius 2 is 1.70 bits per heavy atom. The maximum atomic E-state index is 13.0. The summed E-state index contributed by atoms with van der Waals surface area (Å²) in [4.78, 5) is 11.9. The van der Waals surface area contributed by atoms with Gasteiger partial charge in [-0.25, -0.2) is 9.18 Å². The van der Waals surface area contributed by atoms with Gasteiger partial charge in [-0.05, 0) is 36.8 Å². The summed E-state index contributed by atoms with van der Waals surface area (Å²) < 4.78 is 17.8. The number of hydrogen-bond acceptors (Lipinski definition) is 3. The van der Waals surface area contributed by atoms with Crippen molar-refractivity contribution in [2.45, 2.75) is 13.0 Å². The number of rotatable bonds is 4. The molecule has 0 aromatic heterocycles. The molecule has 0 heterocycles. The number of benzene rings is 2. The predicted molar refractivity (Wildman–Crippen MR) is 76.0 cm³/mol. The van der Waals surface area contributed by atoms with Gasteiger partial charge in [0.15, 0.2) is 6.04 Å². The number of methoxy groups -OCH3 is 1. The van der Waals surface area contributed by atoms with Crippen molar-refractivity contribution in [2.75, 3.05) is 12.4 Å². The van der Waals surface area contributed by atoms with E-state index in [0.29, 0.717) is 5.56 Å². The van der Waals surface area contributed by atoms with Crippen LogP contribution in [0, 0.1) is 12.7 Å². The number of carbonyl (C=O) groups is 1. The number of hydrogen-bond donors (Lipinski definition) is 1. The lowest BCUT2D eigenvalue weighted by Crippen LogP contribution is -2.22. The minimum atomic E-state index is -0.664. The van der Waals surface area contributed by atoms with E-state index < -0.39 is 12.0 Å². The van der Waals surface area contributed by atoms with Crippen LogP contribution in [0.5, 0.6) is 0 Å². The Balaban J connectivity index is 2.26. The van der Waals surface area contributed by atoms with Crippen LogP contribution in [0.1, 0.15) is 17.2 Å². The summed E-state index contributed by atoms with van der Waals surface area (Å²) in [5.74, 6) is -0.759. The third-order valence-corrected chi connectivity index (χ3v) is 3.00. The second-order valence-corrected chi connectivity index (χ2v) is 4.52. The molecule has 0 fully saturated rings. The predicted octanol–water partition coefficient (Wildman–Crippen LogP) is 3.46. The molecular formula is C16H16FNO2. The molecule has 0 spiro atoms. The van der Waals surface area contributed by atoms with Crippen LogP contribution in [0.2, 0.25) is 0 Å². The van der Waals surface area contributed by atoms with Crippen molar-refractivity contribution in [1.29, 1.82) is 0 Å². The van der Waals surface area contributed by atoms with Gasteiger partial charge in [-0.3, -0.25) is 0 Å². The van der Waals surface area contributed by atoms with E-state index in [-0.39, 0.29) is 5.82 Å². The van der Waals surface area contributed by atoms with E-state index in [1.807, 2.05) is 31.2 Å². The van der Waals surface area contributed by atoms with Crippen molar-refractivity contribution in [1.82, 2.24) is 0 Å². The molecule has 20 heavy (non-hydrogen) atoms. The number of halogens is 1. The van der Waals surface area contributed by atoms with Gasteiger partial charge in [0, 0.05) is 5.69 Å². The molecule has 0 saturated heterocycles. The Morgan fingerprint density at radius 3 is 2.25 bits per heavy atom. The van der Waals surface area contributed by atoms with Crippen LogP contribution in [0.3, 0.4) is 0 Å². The molecule has 104 valence electrons. The van der Waals surface area contributed by atoms with E-state index in [0.717, 1.165) is 11.3 Å². The summed E-state index contributed by atoms with van der Waals surface area (Å²) in [6.07, 6.45) is 0. The molecule has 0 saturated carbocycles. The maximum absolute atomic E-state index is 13.0. The highest BCUT2D eigenvalue weighted by molar-refractivity contribution is 5.81. The number of nitrogens with one attached hydrogen (secondary N) is 1. The second kappa shape index (κ2) is 6.19. The SMILES string of the molecule is COC(=O)C(Nc1ccc(C)cc1)c1ccc(F)cc1. The number of carbonyl (C=O) groups excluding carboxylic acids is 1. The van der Waals surface area contributed by atoms with Gasteiger partial charge in [-0.2, -0.15) is 0 Å². The van der Waals surface area contributed by atoms with Crippen molar-refractivity contribution >= 4 is 11.7 Å². The lowest BCUT2D eigenvalue weighted by Gasteiger charge is -2.18. The Kier molecular flexibility index (Phi) is 4.35. The maximum Gasteiger partial charge on any atom is 0.332 e. The molecule has 1 atom stereocenters. The summed E-state index contributed by atoms with van der Waals surface area (Å²) >= 11 is 0. The first kappa shape index (κ1) is 14.1. The number of aryl methyl sites for hydroxylation is 1.